The normalized spacial score (nSPS) is 11.2. The predicted octanol–water partition coefficient (Wildman–Crippen LogP) is 4.01. The molecule has 0 fully saturated rings. The Bertz CT molecular complexity index is 603. The molecule has 106 valence electrons. The van der Waals surface area contributed by atoms with Gasteiger partial charge in [-0.25, -0.2) is 4.98 Å². The van der Waals surface area contributed by atoms with E-state index >= 15 is 0 Å². The Morgan fingerprint density at radius 3 is 2.45 bits per heavy atom. The summed E-state index contributed by atoms with van der Waals surface area (Å²) in [7, 11) is 0. The van der Waals surface area contributed by atoms with Gasteiger partial charge in [0.05, 0.1) is 16.9 Å². The number of nitrogens with zero attached hydrogens (tertiary/aromatic N) is 1. The van der Waals surface area contributed by atoms with Crippen LogP contribution in [0.2, 0.25) is 5.02 Å². The number of nitrogen functional groups attached to an aromatic ring is 1. The molecule has 0 aliphatic heterocycles. The van der Waals surface area contributed by atoms with Crippen molar-refractivity contribution in [2.75, 3.05) is 5.73 Å². The number of pyridine rings is 1. The van der Waals surface area contributed by atoms with Gasteiger partial charge in [-0.2, -0.15) is 0 Å². The Hall–Kier alpha value is -2.15. The molecule has 0 atom stereocenters. The summed E-state index contributed by atoms with van der Waals surface area (Å²) in [4.78, 5) is 3.88. The molecular formula is C12H8ClF3N2O2. The van der Waals surface area contributed by atoms with Crippen LogP contribution in [0.15, 0.2) is 36.5 Å². The quantitative estimate of drug-likeness (QED) is 0.931. The van der Waals surface area contributed by atoms with E-state index in [1.807, 2.05) is 0 Å². The Kier molecular flexibility index (Phi) is 3.89. The summed E-state index contributed by atoms with van der Waals surface area (Å²) in [6.45, 7) is 0. The maximum atomic E-state index is 12.0. The molecule has 0 bridgehead atoms. The van der Waals surface area contributed by atoms with E-state index in [1.165, 1.54) is 18.3 Å². The van der Waals surface area contributed by atoms with Crippen LogP contribution in [0.4, 0.5) is 18.9 Å². The van der Waals surface area contributed by atoms with Gasteiger partial charge in [-0.1, -0.05) is 11.6 Å². The Labute approximate surface area is 116 Å². The number of anilines is 1. The third-order valence-corrected chi connectivity index (χ3v) is 2.41. The molecule has 0 amide bonds. The summed E-state index contributed by atoms with van der Waals surface area (Å²) in [6.07, 6.45) is -3.39. The van der Waals surface area contributed by atoms with Crippen molar-refractivity contribution in [3.8, 4) is 17.4 Å². The van der Waals surface area contributed by atoms with E-state index in [9.17, 15) is 13.2 Å². The van der Waals surface area contributed by atoms with Crippen molar-refractivity contribution < 1.29 is 22.6 Å². The maximum absolute atomic E-state index is 12.0. The van der Waals surface area contributed by atoms with Crippen molar-refractivity contribution in [3.63, 3.8) is 0 Å². The Morgan fingerprint density at radius 2 is 1.90 bits per heavy atom. The lowest BCUT2D eigenvalue weighted by Gasteiger charge is -2.11. The van der Waals surface area contributed by atoms with E-state index in [1.54, 1.807) is 6.07 Å². The number of halogens is 4. The maximum Gasteiger partial charge on any atom is 0.573 e. The molecule has 0 spiro atoms. The molecule has 0 saturated carbocycles. The van der Waals surface area contributed by atoms with Gasteiger partial charge in [0.15, 0.2) is 0 Å². The van der Waals surface area contributed by atoms with Crippen LogP contribution in [0.25, 0.3) is 0 Å². The van der Waals surface area contributed by atoms with Crippen molar-refractivity contribution in [2.45, 2.75) is 6.36 Å². The minimum Gasteiger partial charge on any atom is -0.437 e. The van der Waals surface area contributed by atoms with Crippen LogP contribution in [-0.4, -0.2) is 11.3 Å². The largest absolute Gasteiger partial charge is 0.573 e. The second kappa shape index (κ2) is 5.46. The molecule has 0 unspecified atom stereocenters. The second-order valence-electron chi connectivity index (χ2n) is 3.67. The molecule has 0 saturated heterocycles. The third kappa shape index (κ3) is 3.92. The van der Waals surface area contributed by atoms with Crippen LogP contribution in [0.1, 0.15) is 0 Å². The zero-order valence-electron chi connectivity index (χ0n) is 9.82. The van der Waals surface area contributed by atoms with Gasteiger partial charge >= 0.3 is 6.36 Å². The first-order valence-corrected chi connectivity index (χ1v) is 5.66. The molecule has 1 aromatic heterocycles. The molecule has 20 heavy (non-hydrogen) atoms. The summed E-state index contributed by atoms with van der Waals surface area (Å²) in [5.74, 6) is -0.0656. The second-order valence-corrected chi connectivity index (χ2v) is 4.08. The van der Waals surface area contributed by atoms with E-state index < -0.39 is 12.1 Å². The number of rotatable bonds is 3. The molecule has 4 nitrogen and oxygen atoms in total. The number of benzene rings is 1. The highest BCUT2D eigenvalue weighted by atomic mass is 35.5. The lowest BCUT2D eigenvalue weighted by atomic mass is 10.3. The number of alkyl halides is 3. The number of nitrogens with two attached hydrogens (primary N) is 1. The van der Waals surface area contributed by atoms with Gasteiger partial charge in [0.1, 0.15) is 11.5 Å². The molecule has 2 rings (SSSR count). The van der Waals surface area contributed by atoms with Crippen molar-refractivity contribution in [3.05, 3.63) is 41.6 Å². The van der Waals surface area contributed by atoms with Gasteiger partial charge in [-0.3, -0.25) is 0 Å². The van der Waals surface area contributed by atoms with Gasteiger partial charge in [0, 0.05) is 12.1 Å². The highest BCUT2D eigenvalue weighted by molar-refractivity contribution is 6.32. The lowest BCUT2D eigenvalue weighted by molar-refractivity contribution is -0.274. The van der Waals surface area contributed by atoms with Crippen molar-refractivity contribution in [2.24, 2.45) is 0 Å². The fraction of sp³-hybridized carbons (Fsp3) is 0.0833. The third-order valence-electron chi connectivity index (χ3n) is 2.11. The van der Waals surface area contributed by atoms with Crippen LogP contribution < -0.4 is 15.2 Å². The molecule has 0 radical (unpaired) electrons. The zero-order chi connectivity index (χ0) is 14.8. The SMILES string of the molecule is Nc1ccc(Oc2ccc(OC(F)(F)F)cc2Cl)nc1. The zero-order valence-corrected chi connectivity index (χ0v) is 10.6. The smallest absolute Gasteiger partial charge is 0.437 e. The minimum atomic E-state index is -4.77. The van der Waals surface area contributed by atoms with Crippen LogP contribution in [0, 0.1) is 0 Å². The average molecular weight is 305 g/mol. The van der Waals surface area contributed by atoms with E-state index in [0.717, 1.165) is 12.1 Å². The molecule has 1 aromatic carbocycles. The van der Waals surface area contributed by atoms with E-state index in [-0.39, 0.29) is 16.7 Å². The summed E-state index contributed by atoms with van der Waals surface area (Å²) < 4.78 is 45.2. The number of aromatic nitrogens is 1. The summed E-state index contributed by atoms with van der Waals surface area (Å²) in [5, 5.41) is -0.0367. The number of hydrogen-bond acceptors (Lipinski definition) is 4. The lowest BCUT2D eigenvalue weighted by Crippen LogP contribution is -2.17. The number of ether oxygens (including phenoxy) is 2. The molecule has 2 aromatic rings. The molecule has 1 heterocycles. The summed E-state index contributed by atoms with van der Waals surface area (Å²) in [5.41, 5.74) is 5.92. The van der Waals surface area contributed by atoms with Crippen molar-refractivity contribution >= 4 is 17.3 Å². The monoisotopic (exact) mass is 304 g/mol. The van der Waals surface area contributed by atoms with Gasteiger partial charge in [-0.15, -0.1) is 13.2 Å². The summed E-state index contributed by atoms with van der Waals surface area (Å²) >= 11 is 5.81. The van der Waals surface area contributed by atoms with E-state index in [0.29, 0.717) is 5.69 Å². The fourth-order valence-corrected chi connectivity index (χ4v) is 1.54. The predicted molar refractivity (Wildman–Crippen MR) is 66.9 cm³/mol. The standard InChI is InChI=1S/C12H8ClF3N2O2/c13-9-5-8(20-12(14,15)16)2-3-10(9)19-11-4-1-7(17)6-18-11/h1-6H,17H2. The van der Waals surface area contributed by atoms with Crippen LogP contribution in [0.5, 0.6) is 17.4 Å². The van der Waals surface area contributed by atoms with E-state index in [4.69, 9.17) is 22.1 Å². The van der Waals surface area contributed by atoms with Gasteiger partial charge < -0.3 is 15.2 Å². The number of hydrogen-bond donors (Lipinski definition) is 1. The first-order chi connectivity index (χ1) is 9.33. The molecule has 8 heteroatoms. The van der Waals surface area contributed by atoms with Crippen molar-refractivity contribution in [1.29, 1.82) is 0 Å². The van der Waals surface area contributed by atoms with Gasteiger partial charge in [0.25, 0.3) is 0 Å². The van der Waals surface area contributed by atoms with E-state index in [2.05, 4.69) is 9.72 Å². The molecule has 0 aliphatic carbocycles. The van der Waals surface area contributed by atoms with Crippen LogP contribution in [-0.2, 0) is 0 Å². The first kappa shape index (κ1) is 14.3. The minimum absolute atomic E-state index is 0.0367. The van der Waals surface area contributed by atoms with Crippen LogP contribution >= 0.6 is 11.6 Å². The van der Waals surface area contributed by atoms with Gasteiger partial charge in [0.2, 0.25) is 5.88 Å². The molecule has 2 N–H and O–H groups in total. The highest BCUT2D eigenvalue weighted by Crippen LogP contribution is 2.33. The molecule has 0 aliphatic rings. The Balaban J connectivity index is 2.15. The summed E-state index contributed by atoms with van der Waals surface area (Å²) in [6, 6.07) is 6.41. The molecular weight excluding hydrogens is 297 g/mol. The topological polar surface area (TPSA) is 57.4 Å². The van der Waals surface area contributed by atoms with Gasteiger partial charge in [-0.05, 0) is 18.2 Å². The highest BCUT2D eigenvalue weighted by Gasteiger charge is 2.31. The average Bonchev–Trinajstić information content (AvgIpc) is 2.33. The fourth-order valence-electron chi connectivity index (χ4n) is 1.33. The Morgan fingerprint density at radius 1 is 1.15 bits per heavy atom. The van der Waals surface area contributed by atoms with Crippen molar-refractivity contribution in [1.82, 2.24) is 4.98 Å². The first-order valence-electron chi connectivity index (χ1n) is 5.28. The van der Waals surface area contributed by atoms with Crippen LogP contribution in [0.3, 0.4) is 0 Å².